The lowest BCUT2D eigenvalue weighted by Crippen LogP contribution is -1.93. The van der Waals surface area contributed by atoms with Gasteiger partial charge in [-0.25, -0.2) is 9.78 Å². The molecule has 0 spiro atoms. The van der Waals surface area contributed by atoms with Crippen molar-refractivity contribution in [3.05, 3.63) is 27.4 Å². The van der Waals surface area contributed by atoms with Crippen molar-refractivity contribution in [3.8, 4) is 0 Å². The molecule has 11 heavy (non-hydrogen) atoms. The number of pyridine rings is 1. The molecule has 0 unspecified atom stereocenters. The number of fused-ring (bicyclic) bond motifs is 1. The van der Waals surface area contributed by atoms with E-state index in [2.05, 4.69) is 25.9 Å². The van der Waals surface area contributed by atoms with Crippen molar-refractivity contribution in [3.63, 3.8) is 0 Å². The first kappa shape index (κ1) is 6.60. The molecule has 2 aromatic rings. The van der Waals surface area contributed by atoms with Gasteiger partial charge in [-0.15, -0.1) is 0 Å². The molecule has 56 valence electrons. The number of nitrogens with one attached hydrogen (secondary N) is 1. The van der Waals surface area contributed by atoms with E-state index < -0.39 is 5.76 Å². The second-order valence-corrected chi connectivity index (χ2v) is 2.74. The summed E-state index contributed by atoms with van der Waals surface area (Å²) >= 11 is 3.17. The van der Waals surface area contributed by atoms with Crippen molar-refractivity contribution in [1.82, 2.24) is 9.97 Å². The Morgan fingerprint density at radius 3 is 3.18 bits per heavy atom. The highest BCUT2D eigenvalue weighted by Gasteiger charge is 2.03. The van der Waals surface area contributed by atoms with Crippen molar-refractivity contribution < 1.29 is 4.42 Å². The third-order valence-electron chi connectivity index (χ3n) is 1.30. The zero-order valence-corrected chi connectivity index (χ0v) is 6.88. The van der Waals surface area contributed by atoms with Crippen LogP contribution in [0.1, 0.15) is 0 Å². The van der Waals surface area contributed by atoms with Crippen LogP contribution in [-0.4, -0.2) is 9.97 Å². The largest absolute Gasteiger partial charge is 0.417 e. The summed E-state index contributed by atoms with van der Waals surface area (Å²) in [4.78, 5) is 17.1. The van der Waals surface area contributed by atoms with Crippen molar-refractivity contribution in [1.29, 1.82) is 0 Å². The number of aromatic amines is 1. The first-order valence-electron chi connectivity index (χ1n) is 2.91. The lowest BCUT2D eigenvalue weighted by atomic mass is 10.4. The molecule has 2 rings (SSSR count). The van der Waals surface area contributed by atoms with E-state index in [-0.39, 0.29) is 0 Å². The maximum absolute atomic E-state index is 10.7. The second kappa shape index (κ2) is 2.20. The van der Waals surface area contributed by atoms with Gasteiger partial charge in [-0.1, -0.05) is 0 Å². The molecule has 2 heterocycles. The van der Waals surface area contributed by atoms with Gasteiger partial charge in [0.2, 0.25) is 0 Å². The molecule has 0 aliphatic rings. The summed E-state index contributed by atoms with van der Waals surface area (Å²) in [5.74, 6) is -0.464. The Kier molecular flexibility index (Phi) is 1.32. The Balaban J connectivity index is 3.01. The van der Waals surface area contributed by atoms with Gasteiger partial charge in [0.15, 0.2) is 5.58 Å². The van der Waals surface area contributed by atoms with E-state index in [1.165, 1.54) is 0 Å². The minimum Gasteiger partial charge on any atom is -0.408 e. The molecule has 0 fully saturated rings. The van der Waals surface area contributed by atoms with Crippen molar-refractivity contribution >= 4 is 27.0 Å². The number of H-pyrrole nitrogens is 1. The maximum atomic E-state index is 10.7. The van der Waals surface area contributed by atoms with Crippen LogP contribution >= 0.6 is 15.9 Å². The maximum Gasteiger partial charge on any atom is 0.417 e. The van der Waals surface area contributed by atoms with Crippen molar-refractivity contribution in [2.24, 2.45) is 0 Å². The molecular weight excluding hydrogens is 212 g/mol. The zero-order valence-electron chi connectivity index (χ0n) is 5.30. The Morgan fingerprint density at radius 1 is 1.64 bits per heavy atom. The summed E-state index contributed by atoms with van der Waals surface area (Å²) in [6.45, 7) is 0. The molecule has 1 N–H and O–H groups in total. The minimum absolute atomic E-state index is 0.464. The molecule has 0 aliphatic heterocycles. The molecule has 0 atom stereocenters. The summed E-state index contributed by atoms with van der Waals surface area (Å²) in [7, 11) is 0. The van der Waals surface area contributed by atoms with Crippen molar-refractivity contribution in [2.75, 3.05) is 0 Å². The highest BCUT2D eigenvalue weighted by Crippen LogP contribution is 2.16. The SMILES string of the molecule is O=c1[nH]c2c(Br)nccc2o1. The summed E-state index contributed by atoms with van der Waals surface area (Å²) in [6.07, 6.45) is 1.56. The average molecular weight is 215 g/mol. The highest BCUT2D eigenvalue weighted by molar-refractivity contribution is 9.10. The van der Waals surface area contributed by atoms with Crippen molar-refractivity contribution in [2.45, 2.75) is 0 Å². The summed E-state index contributed by atoms with van der Waals surface area (Å²) in [6, 6.07) is 1.62. The number of oxazole rings is 1. The Hall–Kier alpha value is -1.10. The normalized spacial score (nSPS) is 10.6. The predicted molar refractivity (Wildman–Crippen MR) is 42.3 cm³/mol. The Bertz CT molecular complexity index is 445. The highest BCUT2D eigenvalue weighted by atomic mass is 79.9. The van der Waals surface area contributed by atoms with E-state index in [4.69, 9.17) is 4.42 Å². The molecule has 4 nitrogen and oxygen atoms in total. The van der Waals surface area contributed by atoms with E-state index in [0.717, 1.165) is 0 Å². The van der Waals surface area contributed by atoms with Gasteiger partial charge in [0.1, 0.15) is 10.1 Å². The lowest BCUT2D eigenvalue weighted by Gasteiger charge is -1.86. The van der Waals surface area contributed by atoms with E-state index in [1.54, 1.807) is 12.3 Å². The predicted octanol–water partition coefficient (Wildman–Crippen LogP) is 1.28. The van der Waals surface area contributed by atoms with E-state index in [0.29, 0.717) is 15.7 Å². The monoisotopic (exact) mass is 214 g/mol. The summed E-state index contributed by atoms with van der Waals surface area (Å²) in [5, 5.41) is 0. The number of halogens is 1. The van der Waals surface area contributed by atoms with Gasteiger partial charge in [-0.2, -0.15) is 0 Å². The first-order valence-corrected chi connectivity index (χ1v) is 3.70. The molecule has 2 aromatic heterocycles. The molecular formula is C6H3BrN2O2. The fourth-order valence-corrected chi connectivity index (χ4v) is 1.26. The van der Waals surface area contributed by atoms with Crippen LogP contribution in [0.4, 0.5) is 0 Å². The van der Waals surface area contributed by atoms with Crippen LogP contribution in [0.25, 0.3) is 11.1 Å². The van der Waals surface area contributed by atoms with Crippen LogP contribution in [0.15, 0.2) is 26.1 Å². The van der Waals surface area contributed by atoms with E-state index in [9.17, 15) is 4.79 Å². The van der Waals surface area contributed by atoms with Gasteiger partial charge in [0.05, 0.1) is 0 Å². The number of hydrogen-bond donors (Lipinski definition) is 1. The fourth-order valence-electron chi connectivity index (χ4n) is 0.846. The number of aromatic nitrogens is 2. The van der Waals surface area contributed by atoms with Crippen LogP contribution < -0.4 is 5.76 Å². The molecule has 5 heteroatoms. The molecule has 0 aliphatic carbocycles. The van der Waals surface area contributed by atoms with Gasteiger partial charge < -0.3 is 4.42 Å². The van der Waals surface area contributed by atoms with Gasteiger partial charge >= 0.3 is 5.76 Å². The molecule has 0 saturated heterocycles. The van der Waals surface area contributed by atoms with Crippen LogP contribution in [0.2, 0.25) is 0 Å². The molecule has 0 aromatic carbocycles. The lowest BCUT2D eigenvalue weighted by molar-refractivity contribution is 0.555. The number of hydrogen-bond acceptors (Lipinski definition) is 3. The standard InChI is InChI=1S/C6H3BrN2O2/c7-5-4-3(1-2-8-5)11-6(10)9-4/h1-2H,(H,9,10). The molecule has 0 bridgehead atoms. The summed E-state index contributed by atoms with van der Waals surface area (Å²) in [5.41, 5.74) is 1.11. The average Bonchev–Trinajstić information content (AvgIpc) is 2.31. The van der Waals surface area contributed by atoms with Crippen LogP contribution in [0.5, 0.6) is 0 Å². The zero-order chi connectivity index (χ0) is 7.84. The third kappa shape index (κ3) is 0.970. The quantitative estimate of drug-likeness (QED) is 0.673. The fraction of sp³-hybridized carbons (Fsp3) is 0. The van der Waals surface area contributed by atoms with Gasteiger partial charge in [0, 0.05) is 12.3 Å². The second-order valence-electron chi connectivity index (χ2n) is 1.99. The molecule has 0 radical (unpaired) electrons. The van der Waals surface area contributed by atoms with Gasteiger partial charge in [-0.05, 0) is 15.9 Å². The van der Waals surface area contributed by atoms with E-state index >= 15 is 0 Å². The van der Waals surface area contributed by atoms with Crippen LogP contribution in [0.3, 0.4) is 0 Å². The van der Waals surface area contributed by atoms with Gasteiger partial charge in [0.25, 0.3) is 0 Å². The Labute approximate surface area is 69.4 Å². The molecule has 0 saturated carbocycles. The smallest absolute Gasteiger partial charge is 0.408 e. The van der Waals surface area contributed by atoms with Gasteiger partial charge in [-0.3, -0.25) is 4.98 Å². The topological polar surface area (TPSA) is 58.9 Å². The summed E-state index contributed by atoms with van der Waals surface area (Å²) < 4.78 is 5.35. The Morgan fingerprint density at radius 2 is 2.45 bits per heavy atom. The first-order chi connectivity index (χ1) is 5.27. The number of nitrogens with zero attached hydrogens (tertiary/aromatic N) is 1. The third-order valence-corrected chi connectivity index (χ3v) is 1.90. The molecule has 0 amide bonds. The van der Waals surface area contributed by atoms with Crippen LogP contribution in [0, 0.1) is 0 Å². The van der Waals surface area contributed by atoms with E-state index in [1.807, 2.05) is 0 Å². The van der Waals surface area contributed by atoms with Crippen LogP contribution in [-0.2, 0) is 0 Å². The number of rotatable bonds is 0. The minimum atomic E-state index is -0.464.